The van der Waals surface area contributed by atoms with Crippen molar-refractivity contribution in [3.63, 3.8) is 0 Å². The van der Waals surface area contributed by atoms with Gasteiger partial charge in [-0.15, -0.1) is 0 Å². The Bertz CT molecular complexity index is 840. The summed E-state index contributed by atoms with van der Waals surface area (Å²) in [6, 6.07) is 11.4. The maximum atomic E-state index is 12.2. The van der Waals surface area contributed by atoms with Crippen molar-refractivity contribution in [1.82, 2.24) is 0 Å². The van der Waals surface area contributed by atoms with Gasteiger partial charge in [-0.25, -0.2) is 0 Å². The Labute approximate surface area is 153 Å². The summed E-state index contributed by atoms with van der Waals surface area (Å²) in [5, 5.41) is 13.0. The predicted octanol–water partition coefficient (Wildman–Crippen LogP) is 5.85. The van der Waals surface area contributed by atoms with Gasteiger partial charge >= 0.3 is 0 Å². The molecule has 0 fully saturated rings. The third kappa shape index (κ3) is 4.40. The van der Waals surface area contributed by atoms with E-state index in [0.717, 1.165) is 0 Å². The van der Waals surface area contributed by atoms with Gasteiger partial charge in [0.15, 0.2) is 0 Å². The maximum absolute atomic E-state index is 12.2. The molecule has 0 saturated heterocycles. The lowest BCUT2D eigenvalue weighted by molar-refractivity contribution is -0.112. The van der Waals surface area contributed by atoms with Crippen LogP contribution in [-0.4, -0.2) is 5.91 Å². The van der Waals surface area contributed by atoms with Gasteiger partial charge in [0.25, 0.3) is 5.91 Å². The number of halogens is 4. The van der Waals surface area contributed by atoms with Crippen LogP contribution in [0.25, 0.3) is 6.08 Å². The molecule has 0 aliphatic carbocycles. The first-order valence-electron chi connectivity index (χ1n) is 6.24. The molecule has 0 atom stereocenters. The second kappa shape index (κ2) is 7.72. The molecule has 23 heavy (non-hydrogen) atoms. The first-order valence-corrected chi connectivity index (χ1v) is 7.75. The summed E-state index contributed by atoms with van der Waals surface area (Å²) in [4.78, 5) is 12.2. The molecule has 0 saturated carbocycles. The zero-order valence-electron chi connectivity index (χ0n) is 11.4. The number of anilines is 1. The smallest absolute Gasteiger partial charge is 0.266 e. The Hall–Kier alpha value is -1.70. The molecule has 2 aromatic rings. The van der Waals surface area contributed by atoms with E-state index in [0.29, 0.717) is 26.3 Å². The molecule has 0 spiro atoms. The molecule has 2 aromatic carbocycles. The summed E-state index contributed by atoms with van der Waals surface area (Å²) in [6.07, 6.45) is 1.40. The Balaban J connectivity index is 2.28. The number of carbonyl (C=O) groups is 1. The van der Waals surface area contributed by atoms with Crippen molar-refractivity contribution >= 4 is 64.1 Å². The van der Waals surface area contributed by atoms with E-state index >= 15 is 0 Å². The van der Waals surface area contributed by atoms with Crippen LogP contribution in [0.15, 0.2) is 42.0 Å². The first-order chi connectivity index (χ1) is 10.9. The van der Waals surface area contributed by atoms with E-state index in [9.17, 15) is 10.1 Å². The molecule has 0 aliphatic rings. The van der Waals surface area contributed by atoms with Crippen LogP contribution in [0, 0.1) is 11.3 Å². The zero-order chi connectivity index (χ0) is 17.0. The number of hydrogen-bond acceptors (Lipinski definition) is 2. The molecular formula is C16H8Cl4N2O. The van der Waals surface area contributed by atoms with E-state index in [1.165, 1.54) is 6.08 Å². The monoisotopic (exact) mass is 384 g/mol. The maximum Gasteiger partial charge on any atom is 0.266 e. The number of nitrogens with zero attached hydrogens (tertiary/aromatic N) is 1. The van der Waals surface area contributed by atoms with E-state index < -0.39 is 5.91 Å². The highest BCUT2D eigenvalue weighted by molar-refractivity contribution is 6.44. The minimum absolute atomic E-state index is 0.112. The highest BCUT2D eigenvalue weighted by Gasteiger charge is 2.13. The summed E-state index contributed by atoms with van der Waals surface area (Å²) < 4.78 is 0. The minimum Gasteiger partial charge on any atom is -0.320 e. The largest absolute Gasteiger partial charge is 0.320 e. The molecule has 0 bridgehead atoms. The van der Waals surface area contributed by atoms with Gasteiger partial charge in [0.05, 0.1) is 25.8 Å². The Kier molecular flexibility index (Phi) is 5.92. The van der Waals surface area contributed by atoms with Gasteiger partial charge in [0, 0.05) is 0 Å². The van der Waals surface area contributed by atoms with Crippen LogP contribution in [0.3, 0.4) is 0 Å². The van der Waals surface area contributed by atoms with Crippen molar-refractivity contribution in [1.29, 1.82) is 5.26 Å². The van der Waals surface area contributed by atoms with E-state index in [1.807, 2.05) is 6.07 Å². The van der Waals surface area contributed by atoms with Gasteiger partial charge in [-0.2, -0.15) is 5.26 Å². The minimum atomic E-state index is -0.609. The molecule has 1 N–H and O–H groups in total. The second-order valence-electron chi connectivity index (χ2n) is 4.40. The van der Waals surface area contributed by atoms with Gasteiger partial charge in [-0.3, -0.25) is 4.79 Å². The van der Waals surface area contributed by atoms with Crippen molar-refractivity contribution in [3.05, 3.63) is 67.6 Å². The summed E-state index contributed by atoms with van der Waals surface area (Å²) in [6.45, 7) is 0. The number of amides is 1. The van der Waals surface area contributed by atoms with Crippen LogP contribution >= 0.6 is 46.4 Å². The Morgan fingerprint density at radius 3 is 2.43 bits per heavy atom. The van der Waals surface area contributed by atoms with Gasteiger partial charge in [0.1, 0.15) is 11.6 Å². The lowest BCUT2D eigenvalue weighted by Gasteiger charge is -2.07. The lowest BCUT2D eigenvalue weighted by Crippen LogP contribution is -2.13. The molecule has 7 heteroatoms. The summed E-state index contributed by atoms with van der Waals surface area (Å²) >= 11 is 23.6. The Morgan fingerprint density at radius 1 is 1.04 bits per heavy atom. The van der Waals surface area contributed by atoms with Crippen molar-refractivity contribution in [2.45, 2.75) is 0 Å². The number of benzene rings is 2. The van der Waals surface area contributed by atoms with Crippen LogP contribution in [0.5, 0.6) is 0 Å². The van der Waals surface area contributed by atoms with Gasteiger partial charge in [0.2, 0.25) is 0 Å². The normalized spacial score (nSPS) is 11.0. The van der Waals surface area contributed by atoms with E-state index in [4.69, 9.17) is 46.4 Å². The summed E-state index contributed by atoms with van der Waals surface area (Å²) in [5.74, 6) is -0.609. The summed E-state index contributed by atoms with van der Waals surface area (Å²) in [5.41, 5.74) is 0.780. The van der Waals surface area contributed by atoms with E-state index in [2.05, 4.69) is 5.32 Å². The fourth-order valence-electron chi connectivity index (χ4n) is 1.71. The number of nitrogens with one attached hydrogen (secondary N) is 1. The predicted molar refractivity (Wildman–Crippen MR) is 95.1 cm³/mol. The summed E-state index contributed by atoms with van der Waals surface area (Å²) in [7, 11) is 0. The molecule has 0 radical (unpaired) electrons. The van der Waals surface area contributed by atoms with Crippen molar-refractivity contribution in [2.75, 3.05) is 5.32 Å². The van der Waals surface area contributed by atoms with E-state index in [1.54, 1.807) is 36.4 Å². The fourth-order valence-corrected chi connectivity index (χ4v) is 2.36. The van der Waals surface area contributed by atoms with Crippen LogP contribution < -0.4 is 5.32 Å². The van der Waals surface area contributed by atoms with Crippen LogP contribution in [0.1, 0.15) is 5.56 Å². The molecule has 0 aliphatic heterocycles. The third-order valence-electron chi connectivity index (χ3n) is 2.82. The quantitative estimate of drug-likeness (QED) is 0.532. The SMILES string of the molecule is N#C/C(=C/c1ccc(Cl)c(Cl)c1)C(=O)Nc1cccc(Cl)c1Cl. The second-order valence-corrected chi connectivity index (χ2v) is 6.00. The number of rotatable bonds is 3. The number of hydrogen-bond donors (Lipinski definition) is 1. The highest BCUT2D eigenvalue weighted by atomic mass is 35.5. The topological polar surface area (TPSA) is 52.9 Å². The molecule has 2 rings (SSSR count). The fraction of sp³-hybridized carbons (Fsp3) is 0. The van der Waals surface area contributed by atoms with Crippen molar-refractivity contribution in [3.8, 4) is 6.07 Å². The average molecular weight is 386 g/mol. The molecular weight excluding hydrogens is 378 g/mol. The van der Waals surface area contributed by atoms with Crippen LogP contribution in [0.2, 0.25) is 20.1 Å². The number of nitriles is 1. The Morgan fingerprint density at radius 2 is 1.78 bits per heavy atom. The lowest BCUT2D eigenvalue weighted by atomic mass is 10.1. The molecule has 0 heterocycles. The first kappa shape index (κ1) is 17.7. The van der Waals surface area contributed by atoms with Crippen LogP contribution in [-0.2, 0) is 4.79 Å². The molecule has 3 nitrogen and oxygen atoms in total. The van der Waals surface area contributed by atoms with E-state index in [-0.39, 0.29) is 10.6 Å². The zero-order valence-corrected chi connectivity index (χ0v) is 14.4. The number of carbonyl (C=O) groups excluding carboxylic acids is 1. The molecule has 1 amide bonds. The average Bonchev–Trinajstić information content (AvgIpc) is 2.52. The van der Waals surface area contributed by atoms with Gasteiger partial charge in [-0.05, 0) is 35.9 Å². The van der Waals surface area contributed by atoms with Crippen molar-refractivity contribution in [2.24, 2.45) is 0 Å². The third-order valence-corrected chi connectivity index (χ3v) is 4.38. The highest BCUT2D eigenvalue weighted by Crippen LogP contribution is 2.30. The van der Waals surface area contributed by atoms with Crippen LogP contribution in [0.4, 0.5) is 5.69 Å². The standard InChI is InChI=1S/C16H8Cl4N2O/c17-11-5-4-9(7-13(11)19)6-10(8-21)16(23)22-14-3-1-2-12(18)15(14)20/h1-7H,(H,22,23)/b10-6-. The molecule has 0 unspecified atom stereocenters. The molecule has 0 aromatic heterocycles. The molecule has 116 valence electrons. The van der Waals surface area contributed by atoms with Crippen molar-refractivity contribution < 1.29 is 4.79 Å². The van der Waals surface area contributed by atoms with Gasteiger partial charge < -0.3 is 5.32 Å². The van der Waals surface area contributed by atoms with Gasteiger partial charge in [-0.1, -0.05) is 58.5 Å².